The SMILES string of the molecule is CC(C)(O)c1csc([S@@](N)(=O)=NC(=O)Nc2cc(C3CC3)nc3c2CCC3)c1. The normalized spacial score (nSPS) is 18.4. The Morgan fingerprint density at radius 2 is 2.14 bits per heavy atom. The van der Waals surface area contributed by atoms with Crippen LogP contribution in [0.5, 0.6) is 0 Å². The van der Waals surface area contributed by atoms with E-state index in [1.54, 1.807) is 25.3 Å². The van der Waals surface area contributed by atoms with E-state index in [4.69, 9.17) is 10.1 Å². The van der Waals surface area contributed by atoms with Crippen molar-refractivity contribution in [1.82, 2.24) is 4.98 Å². The fraction of sp³-hybridized carbons (Fsp3) is 0.474. The van der Waals surface area contributed by atoms with Gasteiger partial charge in [0.1, 0.15) is 4.21 Å². The highest BCUT2D eigenvalue weighted by molar-refractivity contribution is 7.93. The first kappa shape index (κ1) is 19.5. The van der Waals surface area contributed by atoms with E-state index < -0.39 is 21.5 Å². The van der Waals surface area contributed by atoms with Gasteiger partial charge in [-0.15, -0.1) is 15.7 Å². The van der Waals surface area contributed by atoms with Crippen molar-refractivity contribution in [2.45, 2.75) is 61.7 Å². The van der Waals surface area contributed by atoms with Crippen molar-refractivity contribution in [3.63, 3.8) is 0 Å². The van der Waals surface area contributed by atoms with Gasteiger partial charge in [0.25, 0.3) is 0 Å². The molecule has 2 aliphatic carbocycles. The average molecular weight is 421 g/mol. The Hall–Kier alpha value is -1.81. The monoisotopic (exact) mass is 420 g/mol. The molecule has 1 atom stereocenters. The third kappa shape index (κ3) is 3.98. The molecule has 150 valence electrons. The summed E-state index contributed by atoms with van der Waals surface area (Å²) in [6.07, 6.45) is 5.04. The van der Waals surface area contributed by atoms with E-state index in [-0.39, 0.29) is 4.21 Å². The van der Waals surface area contributed by atoms with Crippen LogP contribution in [-0.4, -0.2) is 20.3 Å². The topological polar surface area (TPSA) is 118 Å². The molecule has 4 N–H and O–H groups in total. The zero-order chi connectivity index (χ0) is 20.1. The van der Waals surface area contributed by atoms with Crippen molar-refractivity contribution in [3.05, 3.63) is 40.0 Å². The summed E-state index contributed by atoms with van der Waals surface area (Å²) in [7, 11) is -3.39. The second-order valence-corrected chi connectivity index (χ2v) is 10.9. The Kier molecular flexibility index (Phi) is 4.81. The van der Waals surface area contributed by atoms with Crippen LogP contribution in [0.2, 0.25) is 0 Å². The first-order valence-electron chi connectivity index (χ1n) is 9.33. The zero-order valence-corrected chi connectivity index (χ0v) is 17.5. The van der Waals surface area contributed by atoms with E-state index >= 15 is 0 Å². The van der Waals surface area contributed by atoms with Crippen LogP contribution in [0, 0.1) is 0 Å². The molecular weight excluding hydrogens is 396 g/mol. The standard InChI is InChI=1S/C19H24N4O3S2/c1-19(2,25)12-8-17(27-10-12)28(20,26)23-18(24)22-16-9-15(11-6-7-11)21-14-5-3-4-13(14)16/h8-11,25H,3-7H2,1-2H3,(H3,20,21,22,23,24,26)/t28-/m0/s1. The van der Waals surface area contributed by atoms with Crippen LogP contribution < -0.4 is 10.5 Å². The van der Waals surface area contributed by atoms with Gasteiger partial charge < -0.3 is 10.4 Å². The molecule has 2 heterocycles. The van der Waals surface area contributed by atoms with Gasteiger partial charge in [-0.25, -0.2) is 14.1 Å². The zero-order valence-electron chi connectivity index (χ0n) is 15.9. The molecule has 2 aromatic heterocycles. The Morgan fingerprint density at radius 1 is 1.39 bits per heavy atom. The van der Waals surface area contributed by atoms with Crippen LogP contribution in [-0.2, 0) is 28.4 Å². The number of aryl methyl sites for hydroxylation is 1. The number of hydrogen-bond acceptors (Lipinski definition) is 5. The molecule has 28 heavy (non-hydrogen) atoms. The molecule has 0 radical (unpaired) electrons. The largest absolute Gasteiger partial charge is 0.386 e. The number of nitrogens with one attached hydrogen (secondary N) is 1. The lowest BCUT2D eigenvalue weighted by atomic mass is 10.0. The fourth-order valence-electron chi connectivity index (χ4n) is 3.36. The second-order valence-electron chi connectivity index (χ2n) is 7.95. The molecule has 1 saturated carbocycles. The maximum atomic E-state index is 12.8. The summed E-state index contributed by atoms with van der Waals surface area (Å²) >= 11 is 1.12. The molecule has 0 unspecified atom stereocenters. The van der Waals surface area contributed by atoms with Crippen LogP contribution in [0.3, 0.4) is 0 Å². The minimum atomic E-state index is -3.39. The Bertz CT molecular complexity index is 1060. The van der Waals surface area contributed by atoms with Gasteiger partial charge in [-0.1, -0.05) is 0 Å². The number of fused-ring (bicyclic) bond motifs is 1. The summed E-state index contributed by atoms with van der Waals surface area (Å²) in [6, 6.07) is 2.73. The van der Waals surface area contributed by atoms with E-state index in [9.17, 15) is 14.1 Å². The van der Waals surface area contributed by atoms with Crippen LogP contribution >= 0.6 is 11.3 Å². The van der Waals surface area contributed by atoms with Crippen molar-refractivity contribution in [2.24, 2.45) is 9.50 Å². The number of aliphatic hydroxyl groups is 1. The molecule has 2 aliphatic rings. The van der Waals surface area contributed by atoms with Crippen molar-refractivity contribution < 1.29 is 14.1 Å². The van der Waals surface area contributed by atoms with Gasteiger partial charge in [-0.05, 0) is 74.6 Å². The lowest BCUT2D eigenvalue weighted by molar-refractivity contribution is 0.0789. The number of nitrogens with zero attached hydrogens (tertiary/aromatic N) is 2. The molecule has 2 amide bonds. The first-order valence-corrected chi connectivity index (χ1v) is 11.8. The number of amides is 2. The van der Waals surface area contributed by atoms with Gasteiger partial charge in [-0.2, -0.15) is 0 Å². The fourth-order valence-corrected chi connectivity index (χ4v) is 5.64. The van der Waals surface area contributed by atoms with Gasteiger partial charge in [0.05, 0.1) is 5.60 Å². The van der Waals surface area contributed by atoms with E-state index in [1.807, 2.05) is 6.07 Å². The minimum Gasteiger partial charge on any atom is -0.386 e. The summed E-state index contributed by atoms with van der Waals surface area (Å²) in [5.41, 5.74) is 3.30. The Balaban J connectivity index is 1.60. The number of rotatable bonds is 4. The molecule has 0 spiro atoms. The lowest BCUT2D eigenvalue weighted by Gasteiger charge is -2.14. The van der Waals surface area contributed by atoms with E-state index in [2.05, 4.69) is 9.68 Å². The molecule has 0 saturated heterocycles. The van der Waals surface area contributed by atoms with E-state index in [1.165, 1.54) is 0 Å². The van der Waals surface area contributed by atoms with Gasteiger partial charge >= 0.3 is 6.03 Å². The Labute approximate surface area is 168 Å². The number of urea groups is 1. The third-order valence-electron chi connectivity index (χ3n) is 5.10. The number of carbonyl (C=O) groups is 1. The molecule has 0 aliphatic heterocycles. The maximum absolute atomic E-state index is 12.8. The Morgan fingerprint density at radius 3 is 2.79 bits per heavy atom. The van der Waals surface area contributed by atoms with Crippen molar-refractivity contribution in [2.75, 3.05) is 5.32 Å². The van der Waals surface area contributed by atoms with Crippen molar-refractivity contribution in [1.29, 1.82) is 0 Å². The number of anilines is 1. The predicted octanol–water partition coefficient (Wildman–Crippen LogP) is 3.67. The number of carbonyl (C=O) groups excluding carboxylic acids is 1. The summed E-state index contributed by atoms with van der Waals surface area (Å²) in [5.74, 6) is 0.476. The van der Waals surface area contributed by atoms with Gasteiger partial charge in [0.15, 0.2) is 9.92 Å². The molecule has 0 aromatic carbocycles. The highest BCUT2D eigenvalue weighted by atomic mass is 32.2. The van der Waals surface area contributed by atoms with Crippen LogP contribution in [0.1, 0.15) is 61.5 Å². The van der Waals surface area contributed by atoms with E-state index in [0.29, 0.717) is 17.2 Å². The average Bonchev–Trinajstić information content (AvgIpc) is 3.10. The predicted molar refractivity (Wildman–Crippen MR) is 110 cm³/mol. The van der Waals surface area contributed by atoms with E-state index in [0.717, 1.165) is 60.4 Å². The summed E-state index contributed by atoms with van der Waals surface area (Å²) in [5, 5.41) is 20.4. The second kappa shape index (κ2) is 6.91. The summed E-state index contributed by atoms with van der Waals surface area (Å²) in [6.45, 7) is 3.25. The van der Waals surface area contributed by atoms with Crippen LogP contribution in [0.25, 0.3) is 0 Å². The highest BCUT2D eigenvalue weighted by Gasteiger charge is 2.28. The first-order chi connectivity index (χ1) is 13.1. The third-order valence-corrected chi connectivity index (χ3v) is 7.95. The smallest absolute Gasteiger partial charge is 0.354 e. The van der Waals surface area contributed by atoms with Crippen molar-refractivity contribution >= 4 is 33.0 Å². The lowest BCUT2D eigenvalue weighted by Crippen LogP contribution is -2.18. The molecule has 7 nitrogen and oxygen atoms in total. The molecule has 9 heteroatoms. The number of pyridine rings is 1. The molecule has 2 aromatic rings. The molecule has 1 fully saturated rings. The van der Waals surface area contributed by atoms with Crippen LogP contribution in [0.15, 0.2) is 26.1 Å². The summed E-state index contributed by atoms with van der Waals surface area (Å²) < 4.78 is 16.8. The number of aromatic nitrogens is 1. The van der Waals surface area contributed by atoms with Crippen LogP contribution in [0.4, 0.5) is 10.5 Å². The number of nitrogens with two attached hydrogens (primary N) is 1. The molecular formula is C19H24N4O3S2. The highest BCUT2D eigenvalue weighted by Crippen LogP contribution is 2.41. The number of hydrogen-bond donors (Lipinski definition) is 3. The maximum Gasteiger partial charge on any atom is 0.354 e. The van der Waals surface area contributed by atoms with Gasteiger partial charge in [0, 0.05) is 23.0 Å². The van der Waals surface area contributed by atoms with Gasteiger partial charge in [-0.3, -0.25) is 4.98 Å². The quantitative estimate of drug-likeness (QED) is 0.699. The van der Waals surface area contributed by atoms with Crippen molar-refractivity contribution in [3.8, 4) is 0 Å². The minimum absolute atomic E-state index is 0.262. The number of thiophene rings is 1. The van der Waals surface area contributed by atoms with Gasteiger partial charge in [0.2, 0.25) is 0 Å². The summed E-state index contributed by atoms with van der Waals surface area (Å²) in [4.78, 5) is 17.2. The molecule has 4 rings (SSSR count). The molecule has 0 bridgehead atoms.